The first-order valence-corrected chi connectivity index (χ1v) is 10.1. The maximum Gasteiger partial charge on any atom is 0.240 e. The maximum atomic E-state index is 13.3. The van der Waals surface area contributed by atoms with Crippen LogP contribution < -0.4 is 4.72 Å². The van der Waals surface area contributed by atoms with Crippen molar-refractivity contribution >= 4 is 10.0 Å². The second-order valence-corrected chi connectivity index (χ2v) is 7.99. The van der Waals surface area contributed by atoms with E-state index in [9.17, 15) is 17.2 Å². The summed E-state index contributed by atoms with van der Waals surface area (Å²) < 4.78 is 59.2. The molecule has 1 N–H and O–H groups in total. The fraction of sp³-hybridized carbons (Fsp3) is 0.647. The van der Waals surface area contributed by atoms with Crippen molar-refractivity contribution in [3.05, 3.63) is 29.8 Å². The molecule has 1 aliphatic rings. The van der Waals surface area contributed by atoms with Crippen LogP contribution in [0.2, 0.25) is 0 Å². The monoisotopic (exact) mass is 376 g/mol. The zero-order valence-corrected chi connectivity index (χ0v) is 15.5. The van der Waals surface area contributed by atoms with E-state index in [4.69, 9.17) is 4.74 Å². The Kier molecular flexibility index (Phi) is 7.30. The Morgan fingerprint density at radius 1 is 1.16 bits per heavy atom. The first-order chi connectivity index (χ1) is 11.9. The molecule has 1 heterocycles. The third-order valence-corrected chi connectivity index (χ3v) is 6.21. The summed E-state index contributed by atoms with van der Waals surface area (Å²) in [6.45, 7) is 7.19. The van der Waals surface area contributed by atoms with E-state index < -0.39 is 21.7 Å². The van der Waals surface area contributed by atoms with Crippen molar-refractivity contribution in [2.45, 2.75) is 37.6 Å². The average Bonchev–Trinajstić information content (AvgIpc) is 2.61. The summed E-state index contributed by atoms with van der Waals surface area (Å²) in [7, 11) is -3.90. The molecule has 0 amide bonds. The number of hydrogen-bond donors (Lipinski definition) is 1. The van der Waals surface area contributed by atoms with Crippen LogP contribution >= 0.6 is 0 Å². The number of hydrogen-bond acceptors (Lipinski definition) is 4. The second-order valence-electron chi connectivity index (χ2n) is 6.22. The molecule has 1 aliphatic heterocycles. The van der Waals surface area contributed by atoms with Gasteiger partial charge >= 0.3 is 0 Å². The molecule has 0 saturated carbocycles. The smallest absolute Gasteiger partial charge is 0.240 e. The predicted octanol–water partition coefficient (Wildman–Crippen LogP) is 2.38. The van der Waals surface area contributed by atoms with E-state index in [1.54, 1.807) is 0 Å². The van der Waals surface area contributed by atoms with Gasteiger partial charge in [-0.1, -0.05) is 26.7 Å². The molecule has 1 unspecified atom stereocenters. The molecule has 25 heavy (non-hydrogen) atoms. The van der Waals surface area contributed by atoms with Crippen molar-refractivity contribution in [3.63, 3.8) is 0 Å². The fourth-order valence-corrected chi connectivity index (χ4v) is 4.32. The Bertz CT molecular complexity index is 660. The molecule has 1 saturated heterocycles. The van der Waals surface area contributed by atoms with Gasteiger partial charge in [0.2, 0.25) is 10.0 Å². The van der Waals surface area contributed by atoms with Crippen molar-refractivity contribution in [2.75, 3.05) is 32.8 Å². The van der Waals surface area contributed by atoms with Gasteiger partial charge in [0.25, 0.3) is 0 Å². The third kappa shape index (κ3) is 5.20. The summed E-state index contributed by atoms with van der Waals surface area (Å²) in [4.78, 5) is 1.98. The molecule has 8 heteroatoms. The van der Waals surface area contributed by atoms with Crippen molar-refractivity contribution in [3.8, 4) is 0 Å². The zero-order valence-electron chi connectivity index (χ0n) is 14.7. The number of nitrogens with zero attached hydrogens (tertiary/aromatic N) is 1. The van der Waals surface area contributed by atoms with E-state index in [-0.39, 0.29) is 17.5 Å². The van der Waals surface area contributed by atoms with Crippen molar-refractivity contribution < 1.29 is 21.9 Å². The number of ether oxygens (including phenoxy) is 1. The number of rotatable bonds is 8. The Balaban J connectivity index is 2.13. The van der Waals surface area contributed by atoms with Crippen LogP contribution in [0.15, 0.2) is 23.1 Å². The summed E-state index contributed by atoms with van der Waals surface area (Å²) in [6, 6.07) is 2.64. The number of sulfonamides is 1. The Labute approximate surface area is 148 Å². The molecule has 0 bridgehead atoms. The molecule has 0 aliphatic carbocycles. The SMILES string of the molecule is CCC(CC)C(CNS(=O)(=O)c1ccc(F)c(F)c1)N1CCOCC1. The molecular formula is C17H26F2N2O3S. The molecular weight excluding hydrogens is 350 g/mol. The van der Waals surface area contributed by atoms with E-state index in [1.165, 1.54) is 0 Å². The molecule has 1 atom stereocenters. The minimum absolute atomic E-state index is 0.0407. The van der Waals surface area contributed by atoms with E-state index in [2.05, 4.69) is 23.5 Å². The van der Waals surface area contributed by atoms with Gasteiger partial charge in [0, 0.05) is 25.7 Å². The van der Waals surface area contributed by atoms with Crippen LogP contribution in [-0.2, 0) is 14.8 Å². The van der Waals surface area contributed by atoms with Crippen molar-refractivity contribution in [1.82, 2.24) is 9.62 Å². The molecule has 2 rings (SSSR count). The topological polar surface area (TPSA) is 58.6 Å². The molecule has 1 aromatic carbocycles. The van der Waals surface area contributed by atoms with Gasteiger partial charge in [0.05, 0.1) is 18.1 Å². The van der Waals surface area contributed by atoms with Gasteiger partial charge in [-0.2, -0.15) is 0 Å². The lowest BCUT2D eigenvalue weighted by Crippen LogP contribution is -2.52. The third-order valence-electron chi connectivity index (χ3n) is 4.79. The highest BCUT2D eigenvalue weighted by atomic mass is 32.2. The van der Waals surface area contributed by atoms with Crippen molar-refractivity contribution in [1.29, 1.82) is 0 Å². The van der Waals surface area contributed by atoms with Crippen LogP contribution in [0.5, 0.6) is 0 Å². The quantitative estimate of drug-likeness (QED) is 0.757. The predicted molar refractivity (Wildman–Crippen MR) is 91.8 cm³/mol. The summed E-state index contributed by atoms with van der Waals surface area (Å²) in [5.74, 6) is -1.90. The highest BCUT2D eigenvalue weighted by molar-refractivity contribution is 7.89. The Morgan fingerprint density at radius 2 is 1.80 bits per heavy atom. The fourth-order valence-electron chi connectivity index (χ4n) is 3.26. The summed E-state index contributed by atoms with van der Waals surface area (Å²) >= 11 is 0. The zero-order chi connectivity index (χ0) is 18.4. The average molecular weight is 376 g/mol. The van der Waals surface area contributed by atoms with Crippen LogP contribution in [0.1, 0.15) is 26.7 Å². The lowest BCUT2D eigenvalue weighted by atomic mass is 9.92. The van der Waals surface area contributed by atoms with E-state index in [0.29, 0.717) is 25.2 Å². The first kappa shape index (κ1) is 20.2. The summed E-state index contributed by atoms with van der Waals surface area (Å²) in [5.41, 5.74) is 0. The molecule has 1 fully saturated rings. The number of morpholine rings is 1. The minimum Gasteiger partial charge on any atom is -0.379 e. The number of halogens is 2. The lowest BCUT2D eigenvalue weighted by molar-refractivity contribution is 0.00297. The lowest BCUT2D eigenvalue weighted by Gasteiger charge is -2.38. The maximum absolute atomic E-state index is 13.3. The molecule has 0 radical (unpaired) electrons. The molecule has 0 spiro atoms. The summed E-state index contributed by atoms with van der Waals surface area (Å²) in [6.07, 6.45) is 1.87. The van der Waals surface area contributed by atoms with Crippen LogP contribution in [0, 0.1) is 17.6 Å². The van der Waals surface area contributed by atoms with Crippen LogP contribution in [0.4, 0.5) is 8.78 Å². The molecule has 5 nitrogen and oxygen atoms in total. The van der Waals surface area contributed by atoms with Crippen LogP contribution in [0.3, 0.4) is 0 Å². The van der Waals surface area contributed by atoms with Gasteiger partial charge in [-0.25, -0.2) is 21.9 Å². The largest absolute Gasteiger partial charge is 0.379 e. The van der Waals surface area contributed by atoms with E-state index in [1.807, 2.05) is 0 Å². The van der Waals surface area contributed by atoms with Crippen LogP contribution in [0.25, 0.3) is 0 Å². The normalized spacial score (nSPS) is 17.8. The van der Waals surface area contributed by atoms with Crippen LogP contribution in [-0.4, -0.2) is 52.2 Å². The van der Waals surface area contributed by atoms with E-state index in [0.717, 1.165) is 38.1 Å². The van der Waals surface area contributed by atoms with Crippen molar-refractivity contribution in [2.24, 2.45) is 5.92 Å². The highest BCUT2D eigenvalue weighted by Crippen LogP contribution is 2.21. The van der Waals surface area contributed by atoms with Gasteiger partial charge in [0.1, 0.15) is 0 Å². The molecule has 0 aromatic heterocycles. The van der Waals surface area contributed by atoms with Gasteiger partial charge < -0.3 is 4.74 Å². The highest BCUT2D eigenvalue weighted by Gasteiger charge is 2.28. The second kappa shape index (κ2) is 9.02. The Hall–Kier alpha value is -1.09. The van der Waals surface area contributed by atoms with E-state index >= 15 is 0 Å². The van der Waals surface area contributed by atoms with Gasteiger partial charge in [-0.05, 0) is 24.1 Å². The molecule has 142 valence electrons. The Morgan fingerprint density at radius 3 is 2.36 bits per heavy atom. The van der Waals surface area contributed by atoms with Gasteiger partial charge in [-0.15, -0.1) is 0 Å². The minimum atomic E-state index is -3.90. The summed E-state index contributed by atoms with van der Waals surface area (Å²) in [5, 5.41) is 0. The van der Waals surface area contributed by atoms with Gasteiger partial charge in [-0.3, -0.25) is 4.90 Å². The standard InChI is InChI=1S/C17H26F2N2O3S/c1-3-13(4-2)17(21-7-9-24-10-8-21)12-20-25(22,23)14-5-6-15(18)16(19)11-14/h5-6,11,13,17,20H,3-4,7-10,12H2,1-2H3. The molecule has 1 aromatic rings. The number of benzene rings is 1. The number of nitrogens with one attached hydrogen (secondary N) is 1. The van der Waals surface area contributed by atoms with Gasteiger partial charge in [0.15, 0.2) is 11.6 Å². The first-order valence-electron chi connectivity index (χ1n) is 8.65.